The number of nitrogens with zero attached hydrogens (tertiary/aromatic N) is 2. The van der Waals surface area contributed by atoms with E-state index in [-0.39, 0.29) is 10.0 Å². The molecule has 0 atom stereocenters. The Bertz CT molecular complexity index is 766. The van der Waals surface area contributed by atoms with Gasteiger partial charge in [0.25, 0.3) is 10.0 Å². The number of thiocarbonyl (C=S) groups is 1. The molecule has 1 heterocycles. The van der Waals surface area contributed by atoms with Gasteiger partial charge in [-0.3, -0.25) is 9.40 Å². The van der Waals surface area contributed by atoms with Crippen LogP contribution in [0.2, 0.25) is 0 Å². The highest BCUT2D eigenvalue weighted by Crippen LogP contribution is 2.22. The zero-order valence-corrected chi connectivity index (χ0v) is 12.6. The van der Waals surface area contributed by atoms with Crippen LogP contribution in [-0.4, -0.2) is 23.2 Å². The van der Waals surface area contributed by atoms with Gasteiger partial charge < -0.3 is 5.73 Å². The third-order valence-corrected chi connectivity index (χ3v) is 4.46. The lowest BCUT2D eigenvalue weighted by molar-refractivity contribution is 0.582. The van der Waals surface area contributed by atoms with Gasteiger partial charge in [-0.1, -0.05) is 24.4 Å². The van der Waals surface area contributed by atoms with Crippen molar-refractivity contribution >= 4 is 32.9 Å². The molecule has 0 aliphatic rings. The van der Waals surface area contributed by atoms with E-state index in [0.717, 1.165) is 5.56 Å². The second-order valence-corrected chi connectivity index (χ2v) is 6.33. The molecular weight excluding hydrogens is 296 g/mol. The maximum absolute atomic E-state index is 12.3. The topological polar surface area (TPSA) is 90.0 Å². The smallest absolute Gasteiger partial charge is 0.279 e. The zero-order valence-electron chi connectivity index (χ0n) is 11.0. The van der Waals surface area contributed by atoms with Crippen LogP contribution in [0.4, 0.5) is 5.69 Å². The van der Waals surface area contributed by atoms with Crippen LogP contribution in [0.1, 0.15) is 11.1 Å². The number of rotatable bonds is 4. The number of nitrogens with one attached hydrogen (secondary N) is 1. The monoisotopic (exact) mass is 310 g/mol. The summed E-state index contributed by atoms with van der Waals surface area (Å²) in [6, 6.07) is 6.59. The second-order valence-electron chi connectivity index (χ2n) is 4.26. The average molecular weight is 310 g/mol. The fourth-order valence-electron chi connectivity index (χ4n) is 1.90. The van der Waals surface area contributed by atoms with Gasteiger partial charge in [-0.05, 0) is 24.6 Å². The standard InChI is InChI=1S/C12H14N4O2S2/c1-8-4-3-5-9(11(8)12(13)19)15-20(17,18)10-6-7-14-16(10)2/h3-7,15H,1-2H3,(H2,13,19). The predicted octanol–water partition coefficient (Wildman–Crippen LogP) is 1.16. The Morgan fingerprint density at radius 2 is 2.10 bits per heavy atom. The summed E-state index contributed by atoms with van der Waals surface area (Å²) in [7, 11) is -2.18. The van der Waals surface area contributed by atoms with Crippen LogP contribution in [0.3, 0.4) is 0 Å². The van der Waals surface area contributed by atoms with Crippen LogP contribution in [0, 0.1) is 6.92 Å². The van der Waals surface area contributed by atoms with E-state index in [1.54, 1.807) is 19.2 Å². The number of hydrogen-bond donors (Lipinski definition) is 2. The normalized spacial score (nSPS) is 11.3. The molecule has 2 aromatic rings. The van der Waals surface area contributed by atoms with E-state index in [0.29, 0.717) is 11.3 Å². The fraction of sp³-hybridized carbons (Fsp3) is 0.167. The molecule has 0 spiro atoms. The Labute approximate surface area is 122 Å². The molecule has 6 nitrogen and oxygen atoms in total. The first-order chi connectivity index (χ1) is 9.33. The molecule has 3 N–H and O–H groups in total. The van der Waals surface area contributed by atoms with Crippen molar-refractivity contribution in [2.75, 3.05) is 4.72 Å². The molecule has 20 heavy (non-hydrogen) atoms. The number of hydrogen-bond acceptors (Lipinski definition) is 4. The summed E-state index contributed by atoms with van der Waals surface area (Å²) < 4.78 is 28.4. The Balaban J connectivity index is 2.48. The van der Waals surface area contributed by atoms with Crippen molar-refractivity contribution < 1.29 is 8.42 Å². The van der Waals surface area contributed by atoms with Crippen LogP contribution < -0.4 is 10.5 Å². The summed E-state index contributed by atoms with van der Waals surface area (Å²) in [4.78, 5) is 0.144. The van der Waals surface area contributed by atoms with Crippen molar-refractivity contribution in [2.24, 2.45) is 12.8 Å². The van der Waals surface area contributed by atoms with Crippen LogP contribution >= 0.6 is 12.2 Å². The molecular formula is C12H14N4O2S2. The molecule has 0 radical (unpaired) electrons. The lowest BCUT2D eigenvalue weighted by Gasteiger charge is -2.13. The molecule has 8 heteroatoms. The zero-order chi connectivity index (χ0) is 14.9. The number of anilines is 1. The van der Waals surface area contributed by atoms with Gasteiger partial charge in [0.2, 0.25) is 0 Å². The molecule has 0 fully saturated rings. The highest BCUT2D eigenvalue weighted by atomic mass is 32.2. The summed E-state index contributed by atoms with van der Waals surface area (Å²) >= 11 is 4.98. The van der Waals surface area contributed by atoms with Crippen molar-refractivity contribution in [1.82, 2.24) is 9.78 Å². The molecule has 0 unspecified atom stereocenters. The highest BCUT2D eigenvalue weighted by molar-refractivity contribution is 7.92. The van der Waals surface area contributed by atoms with Gasteiger partial charge in [0, 0.05) is 12.6 Å². The molecule has 0 amide bonds. The van der Waals surface area contributed by atoms with Crippen molar-refractivity contribution in [3.05, 3.63) is 41.6 Å². The molecule has 0 bridgehead atoms. The van der Waals surface area contributed by atoms with Gasteiger partial charge in [0.05, 0.1) is 11.9 Å². The maximum atomic E-state index is 12.3. The Kier molecular flexibility index (Phi) is 3.78. The van der Waals surface area contributed by atoms with Crippen molar-refractivity contribution in [3.8, 4) is 0 Å². The quantitative estimate of drug-likeness (QED) is 0.827. The molecule has 0 aliphatic carbocycles. The summed E-state index contributed by atoms with van der Waals surface area (Å²) in [6.07, 6.45) is 1.42. The first-order valence-corrected chi connectivity index (χ1v) is 7.62. The molecule has 0 aliphatic heterocycles. The third-order valence-electron chi connectivity index (χ3n) is 2.81. The first-order valence-electron chi connectivity index (χ1n) is 5.73. The fourth-order valence-corrected chi connectivity index (χ4v) is 3.37. The van der Waals surface area contributed by atoms with E-state index < -0.39 is 10.0 Å². The largest absolute Gasteiger partial charge is 0.389 e. The minimum Gasteiger partial charge on any atom is -0.389 e. The minimum atomic E-state index is -3.74. The second kappa shape index (κ2) is 5.22. The van der Waals surface area contributed by atoms with E-state index in [1.807, 2.05) is 13.0 Å². The number of aryl methyl sites for hydroxylation is 2. The number of sulfonamides is 1. The molecule has 0 saturated heterocycles. The van der Waals surface area contributed by atoms with Crippen LogP contribution in [0.15, 0.2) is 35.5 Å². The van der Waals surface area contributed by atoms with Gasteiger partial charge >= 0.3 is 0 Å². The van der Waals surface area contributed by atoms with Crippen LogP contribution in [-0.2, 0) is 17.1 Å². The van der Waals surface area contributed by atoms with Gasteiger partial charge in [-0.15, -0.1) is 0 Å². The molecule has 0 saturated carbocycles. The van der Waals surface area contributed by atoms with Gasteiger partial charge in [0.1, 0.15) is 4.99 Å². The number of aromatic nitrogens is 2. The minimum absolute atomic E-state index is 0.0629. The Hall–Kier alpha value is -1.93. The number of benzene rings is 1. The lowest BCUT2D eigenvalue weighted by Crippen LogP contribution is -2.20. The molecule has 1 aromatic carbocycles. The third kappa shape index (κ3) is 2.66. The highest BCUT2D eigenvalue weighted by Gasteiger charge is 2.20. The molecule has 2 rings (SSSR count). The summed E-state index contributed by atoms with van der Waals surface area (Å²) in [5, 5.41) is 3.91. The summed E-state index contributed by atoms with van der Waals surface area (Å²) in [5.41, 5.74) is 7.35. The van der Waals surface area contributed by atoms with Gasteiger partial charge in [-0.2, -0.15) is 13.5 Å². The van der Waals surface area contributed by atoms with Gasteiger partial charge in [0.15, 0.2) is 5.03 Å². The Morgan fingerprint density at radius 1 is 1.40 bits per heavy atom. The summed E-state index contributed by atoms with van der Waals surface area (Å²) in [6.45, 7) is 1.82. The SMILES string of the molecule is Cc1cccc(NS(=O)(=O)c2ccnn2C)c1C(N)=S. The first kappa shape index (κ1) is 14.5. The van der Waals surface area contributed by atoms with Gasteiger partial charge in [-0.25, -0.2) is 0 Å². The van der Waals surface area contributed by atoms with Crippen molar-refractivity contribution in [1.29, 1.82) is 0 Å². The van der Waals surface area contributed by atoms with Crippen LogP contribution in [0.5, 0.6) is 0 Å². The average Bonchev–Trinajstić information content (AvgIpc) is 2.75. The number of nitrogens with two attached hydrogens (primary N) is 1. The lowest BCUT2D eigenvalue weighted by atomic mass is 10.1. The summed E-state index contributed by atoms with van der Waals surface area (Å²) in [5.74, 6) is 0. The van der Waals surface area contributed by atoms with E-state index >= 15 is 0 Å². The Morgan fingerprint density at radius 3 is 2.65 bits per heavy atom. The van der Waals surface area contributed by atoms with E-state index in [2.05, 4.69) is 9.82 Å². The maximum Gasteiger partial charge on any atom is 0.279 e. The van der Waals surface area contributed by atoms with E-state index in [4.69, 9.17) is 18.0 Å². The van der Waals surface area contributed by atoms with E-state index in [9.17, 15) is 8.42 Å². The van der Waals surface area contributed by atoms with E-state index in [1.165, 1.54) is 16.9 Å². The van der Waals surface area contributed by atoms with Crippen LogP contribution in [0.25, 0.3) is 0 Å². The molecule has 106 valence electrons. The predicted molar refractivity (Wildman–Crippen MR) is 81.1 cm³/mol. The van der Waals surface area contributed by atoms with Crippen molar-refractivity contribution in [3.63, 3.8) is 0 Å². The molecule has 1 aromatic heterocycles. The van der Waals surface area contributed by atoms with Crippen molar-refractivity contribution in [2.45, 2.75) is 11.9 Å².